The molecule has 0 heterocycles. The molecule has 0 aromatic heterocycles. The van der Waals surface area contributed by atoms with Crippen LogP contribution in [-0.2, 0) is 9.59 Å². The van der Waals surface area contributed by atoms with E-state index in [1.165, 1.54) is 0 Å². The van der Waals surface area contributed by atoms with Gasteiger partial charge in [-0.25, -0.2) is 0 Å². The summed E-state index contributed by atoms with van der Waals surface area (Å²) in [6.45, 7) is 3.94. The van der Waals surface area contributed by atoms with Crippen LogP contribution in [0.25, 0.3) is 0 Å². The first-order chi connectivity index (χ1) is 7.02. The Morgan fingerprint density at radius 1 is 1.47 bits per heavy atom. The van der Waals surface area contributed by atoms with E-state index in [1.807, 2.05) is 13.0 Å². The zero-order valence-corrected chi connectivity index (χ0v) is 9.17. The summed E-state index contributed by atoms with van der Waals surface area (Å²) in [5.41, 5.74) is -0.0269. The number of aliphatic carboxylic acids is 1. The van der Waals surface area contributed by atoms with Crippen LogP contribution in [-0.4, -0.2) is 23.5 Å². The van der Waals surface area contributed by atoms with Crippen molar-refractivity contribution in [1.82, 2.24) is 5.32 Å². The van der Waals surface area contributed by atoms with Gasteiger partial charge in [0, 0.05) is 12.1 Å². The third-order valence-electron chi connectivity index (χ3n) is 2.76. The number of carbonyl (C=O) groups excluding carboxylic acids is 1. The zero-order chi connectivity index (χ0) is 11.5. The quantitative estimate of drug-likeness (QED) is 0.674. The molecule has 1 saturated carbocycles. The Balaban J connectivity index is 2.41. The molecular formula is C11H17NO3. The fourth-order valence-corrected chi connectivity index (χ4v) is 1.40. The van der Waals surface area contributed by atoms with Gasteiger partial charge in [0.05, 0.1) is 5.41 Å². The monoisotopic (exact) mass is 211 g/mol. The standard InChI is InChI=1S/C11H17NO3/c1-3-4-8(2)9(13)12-7-11(5-6-11)10(14)15/h4H,3,5-7H2,1-2H3,(H,12,13)(H,14,15)/b8-4-. The van der Waals surface area contributed by atoms with Gasteiger partial charge in [-0.15, -0.1) is 0 Å². The van der Waals surface area contributed by atoms with Gasteiger partial charge in [0.1, 0.15) is 0 Å². The molecule has 0 aromatic rings. The Hall–Kier alpha value is -1.32. The molecule has 1 aliphatic rings. The van der Waals surface area contributed by atoms with Gasteiger partial charge in [0.2, 0.25) is 5.91 Å². The highest BCUT2D eigenvalue weighted by atomic mass is 16.4. The van der Waals surface area contributed by atoms with Crippen LogP contribution in [0.3, 0.4) is 0 Å². The summed E-state index contributed by atoms with van der Waals surface area (Å²) in [6.07, 6.45) is 3.97. The maximum atomic E-state index is 11.5. The molecule has 4 nitrogen and oxygen atoms in total. The van der Waals surface area contributed by atoms with Gasteiger partial charge >= 0.3 is 5.97 Å². The van der Waals surface area contributed by atoms with Crippen LogP contribution in [0.1, 0.15) is 33.1 Å². The van der Waals surface area contributed by atoms with E-state index < -0.39 is 11.4 Å². The van der Waals surface area contributed by atoms with E-state index >= 15 is 0 Å². The third kappa shape index (κ3) is 2.81. The highest BCUT2D eigenvalue weighted by Gasteiger charge is 2.50. The molecule has 0 atom stereocenters. The van der Waals surface area contributed by atoms with Gasteiger partial charge in [0.15, 0.2) is 0 Å². The number of carbonyl (C=O) groups is 2. The minimum atomic E-state index is -0.806. The summed E-state index contributed by atoms with van der Waals surface area (Å²) < 4.78 is 0. The number of allylic oxidation sites excluding steroid dienone is 1. The predicted octanol–water partition coefficient (Wildman–Crippen LogP) is 1.32. The van der Waals surface area contributed by atoms with Crippen LogP contribution in [0, 0.1) is 5.41 Å². The summed E-state index contributed by atoms with van der Waals surface area (Å²) >= 11 is 0. The molecule has 1 amide bonds. The first-order valence-electron chi connectivity index (χ1n) is 5.20. The van der Waals surface area contributed by atoms with Gasteiger partial charge in [-0.3, -0.25) is 9.59 Å². The number of hydrogen-bond acceptors (Lipinski definition) is 2. The summed E-state index contributed by atoms with van der Waals surface area (Å²) in [7, 11) is 0. The Morgan fingerprint density at radius 3 is 2.47 bits per heavy atom. The first-order valence-corrected chi connectivity index (χ1v) is 5.20. The van der Waals surface area contributed by atoms with Crippen molar-refractivity contribution in [2.24, 2.45) is 5.41 Å². The normalized spacial score (nSPS) is 18.4. The molecule has 15 heavy (non-hydrogen) atoms. The van der Waals surface area contributed by atoms with Crippen molar-refractivity contribution in [3.8, 4) is 0 Å². The molecular weight excluding hydrogens is 194 g/mol. The van der Waals surface area contributed by atoms with Gasteiger partial charge in [-0.05, 0) is 26.2 Å². The van der Waals surface area contributed by atoms with Crippen LogP contribution in [0.15, 0.2) is 11.6 Å². The Kier molecular flexibility index (Phi) is 3.50. The lowest BCUT2D eigenvalue weighted by molar-refractivity contribution is -0.143. The van der Waals surface area contributed by atoms with Gasteiger partial charge in [-0.2, -0.15) is 0 Å². The fourth-order valence-electron chi connectivity index (χ4n) is 1.40. The van der Waals surface area contributed by atoms with Crippen molar-refractivity contribution in [1.29, 1.82) is 0 Å². The summed E-state index contributed by atoms with van der Waals surface area (Å²) in [5, 5.41) is 11.6. The molecule has 84 valence electrons. The van der Waals surface area contributed by atoms with E-state index in [9.17, 15) is 9.59 Å². The molecule has 1 rings (SSSR count). The van der Waals surface area contributed by atoms with E-state index in [-0.39, 0.29) is 12.5 Å². The van der Waals surface area contributed by atoms with Crippen molar-refractivity contribution in [2.75, 3.05) is 6.54 Å². The number of carboxylic acid groups (broad SMARTS) is 1. The SMILES string of the molecule is CC/C=C(/C)C(=O)NCC1(C(=O)O)CC1. The predicted molar refractivity (Wildman–Crippen MR) is 56.4 cm³/mol. The molecule has 4 heteroatoms. The van der Waals surface area contributed by atoms with Crippen molar-refractivity contribution < 1.29 is 14.7 Å². The molecule has 0 radical (unpaired) electrons. The molecule has 0 bridgehead atoms. The molecule has 1 aliphatic carbocycles. The summed E-state index contributed by atoms with van der Waals surface area (Å²) in [4.78, 5) is 22.3. The minimum absolute atomic E-state index is 0.163. The first kappa shape index (κ1) is 11.8. The van der Waals surface area contributed by atoms with Crippen LogP contribution in [0.4, 0.5) is 0 Å². The summed E-state index contributed by atoms with van der Waals surface area (Å²) in [5.74, 6) is -0.968. The van der Waals surface area contributed by atoms with E-state index in [1.54, 1.807) is 6.92 Å². The van der Waals surface area contributed by atoms with Crippen molar-refractivity contribution >= 4 is 11.9 Å². The van der Waals surface area contributed by atoms with E-state index in [2.05, 4.69) is 5.32 Å². The molecule has 1 fully saturated rings. The molecule has 0 unspecified atom stereocenters. The molecule has 0 spiro atoms. The van der Waals surface area contributed by atoms with Crippen molar-refractivity contribution in [3.63, 3.8) is 0 Å². The molecule has 2 N–H and O–H groups in total. The number of nitrogens with one attached hydrogen (secondary N) is 1. The number of carboxylic acids is 1. The average Bonchev–Trinajstić information content (AvgIpc) is 2.95. The average molecular weight is 211 g/mol. The highest BCUT2D eigenvalue weighted by molar-refractivity contribution is 5.93. The molecule has 0 aromatic carbocycles. The Bertz CT molecular complexity index is 303. The van der Waals surface area contributed by atoms with Crippen LogP contribution in [0.5, 0.6) is 0 Å². The van der Waals surface area contributed by atoms with Gasteiger partial charge < -0.3 is 10.4 Å². The van der Waals surface area contributed by atoms with E-state index in [4.69, 9.17) is 5.11 Å². The fraction of sp³-hybridized carbons (Fsp3) is 0.636. The van der Waals surface area contributed by atoms with Gasteiger partial charge in [0.25, 0.3) is 0 Å². The Morgan fingerprint density at radius 2 is 2.07 bits per heavy atom. The second-order valence-corrected chi connectivity index (χ2v) is 4.06. The third-order valence-corrected chi connectivity index (χ3v) is 2.76. The maximum absolute atomic E-state index is 11.5. The number of rotatable bonds is 5. The van der Waals surface area contributed by atoms with E-state index in [0.29, 0.717) is 18.4 Å². The van der Waals surface area contributed by atoms with E-state index in [0.717, 1.165) is 6.42 Å². The lowest BCUT2D eigenvalue weighted by Gasteiger charge is -2.11. The largest absolute Gasteiger partial charge is 0.481 e. The highest BCUT2D eigenvalue weighted by Crippen LogP contribution is 2.45. The van der Waals surface area contributed by atoms with Gasteiger partial charge in [-0.1, -0.05) is 13.0 Å². The van der Waals surface area contributed by atoms with Crippen LogP contribution >= 0.6 is 0 Å². The lowest BCUT2D eigenvalue weighted by atomic mass is 10.1. The van der Waals surface area contributed by atoms with Crippen LogP contribution < -0.4 is 5.32 Å². The number of hydrogen-bond donors (Lipinski definition) is 2. The topological polar surface area (TPSA) is 66.4 Å². The minimum Gasteiger partial charge on any atom is -0.481 e. The van der Waals surface area contributed by atoms with Crippen molar-refractivity contribution in [3.05, 3.63) is 11.6 Å². The maximum Gasteiger partial charge on any atom is 0.311 e. The summed E-state index contributed by atoms with van der Waals surface area (Å²) in [6, 6.07) is 0. The molecule has 0 saturated heterocycles. The Labute approximate surface area is 89.4 Å². The number of amides is 1. The lowest BCUT2D eigenvalue weighted by Crippen LogP contribution is -2.34. The second kappa shape index (κ2) is 4.47. The smallest absolute Gasteiger partial charge is 0.311 e. The zero-order valence-electron chi connectivity index (χ0n) is 9.17. The van der Waals surface area contributed by atoms with Crippen LogP contribution in [0.2, 0.25) is 0 Å². The second-order valence-electron chi connectivity index (χ2n) is 4.06. The molecule has 0 aliphatic heterocycles. The van der Waals surface area contributed by atoms with Crippen molar-refractivity contribution in [2.45, 2.75) is 33.1 Å².